The summed E-state index contributed by atoms with van der Waals surface area (Å²) in [6, 6.07) is 8.39. The van der Waals surface area contributed by atoms with E-state index < -0.39 is 17.9 Å². The lowest BCUT2D eigenvalue weighted by Gasteiger charge is -2.30. The van der Waals surface area contributed by atoms with Crippen LogP contribution in [0.3, 0.4) is 0 Å². The second kappa shape index (κ2) is 9.22. The summed E-state index contributed by atoms with van der Waals surface area (Å²) < 4.78 is 20.0. The molecule has 1 aromatic carbocycles. The number of nitrogens with zero attached hydrogens (tertiary/aromatic N) is 3. The van der Waals surface area contributed by atoms with Gasteiger partial charge in [-0.2, -0.15) is 5.26 Å². The zero-order chi connectivity index (χ0) is 23.4. The number of allylic oxidation sites excluding steroid dienone is 2. The van der Waals surface area contributed by atoms with Crippen molar-refractivity contribution in [3.63, 3.8) is 0 Å². The van der Waals surface area contributed by atoms with E-state index in [0.29, 0.717) is 22.7 Å². The number of nitriles is 1. The highest BCUT2D eigenvalue weighted by Crippen LogP contribution is 2.40. The topological polar surface area (TPSA) is 151 Å². The molecule has 11 nitrogen and oxygen atoms in total. The average Bonchev–Trinajstić information content (AvgIpc) is 3.15. The second-order valence-corrected chi connectivity index (χ2v) is 6.82. The van der Waals surface area contributed by atoms with Gasteiger partial charge >= 0.3 is 17.6 Å². The van der Waals surface area contributed by atoms with Crippen LogP contribution in [0.5, 0.6) is 5.75 Å². The molecular weight excluding hydrogens is 420 g/mol. The molecule has 0 spiro atoms. The fourth-order valence-electron chi connectivity index (χ4n) is 3.50. The van der Waals surface area contributed by atoms with Crippen LogP contribution in [0.4, 0.5) is 0 Å². The molecule has 0 bridgehead atoms. The molecule has 0 saturated heterocycles. The molecule has 32 heavy (non-hydrogen) atoms. The minimum absolute atomic E-state index is 0.0863. The van der Waals surface area contributed by atoms with Crippen LogP contribution in [-0.4, -0.2) is 31.3 Å². The van der Waals surface area contributed by atoms with E-state index >= 15 is 0 Å². The first kappa shape index (κ1) is 22.4. The highest BCUT2D eigenvalue weighted by atomic mass is 16.8. The largest absolute Gasteiger partial charge is 0.485 e. The summed E-state index contributed by atoms with van der Waals surface area (Å²) in [7, 11) is 2.51. The van der Waals surface area contributed by atoms with Crippen LogP contribution in [0.1, 0.15) is 36.7 Å². The van der Waals surface area contributed by atoms with E-state index in [2.05, 4.69) is 15.1 Å². The molecule has 0 fully saturated rings. The minimum Gasteiger partial charge on any atom is -0.485 e. The number of hydrogen-bond donors (Lipinski definition) is 1. The highest BCUT2D eigenvalue weighted by Gasteiger charge is 2.37. The third kappa shape index (κ3) is 4.11. The molecule has 0 saturated carbocycles. The van der Waals surface area contributed by atoms with Gasteiger partial charge in [0.2, 0.25) is 0 Å². The molecule has 2 heterocycles. The van der Waals surface area contributed by atoms with Gasteiger partial charge in [0.25, 0.3) is 5.69 Å². The maximum absolute atomic E-state index is 12.6. The van der Waals surface area contributed by atoms with Crippen LogP contribution in [0, 0.1) is 16.5 Å². The lowest BCUT2D eigenvalue weighted by Crippen LogP contribution is -2.32. The van der Waals surface area contributed by atoms with Gasteiger partial charge in [0, 0.05) is 11.4 Å². The van der Waals surface area contributed by atoms with E-state index in [1.54, 1.807) is 44.2 Å². The molecule has 166 valence electrons. The monoisotopic (exact) mass is 440 g/mol. The number of ether oxygens (including phenoxy) is 3. The van der Waals surface area contributed by atoms with Crippen molar-refractivity contribution in [2.45, 2.75) is 26.4 Å². The number of methoxy groups -OCH3 is 2. The van der Waals surface area contributed by atoms with E-state index in [1.807, 2.05) is 0 Å². The van der Waals surface area contributed by atoms with Crippen molar-refractivity contribution in [1.82, 2.24) is 10.5 Å². The van der Waals surface area contributed by atoms with Gasteiger partial charge in [-0.3, -0.25) is 4.63 Å². The van der Waals surface area contributed by atoms with E-state index in [-0.39, 0.29) is 34.0 Å². The molecule has 0 unspecified atom stereocenters. The molecule has 3 rings (SSSR count). The normalized spacial score (nSPS) is 14.0. The molecule has 0 amide bonds. The Morgan fingerprint density at radius 2 is 1.84 bits per heavy atom. The maximum Gasteiger partial charge on any atom is 0.336 e. The third-order valence-electron chi connectivity index (χ3n) is 4.94. The first-order valence-corrected chi connectivity index (χ1v) is 9.39. The van der Waals surface area contributed by atoms with Gasteiger partial charge in [-0.05, 0) is 36.4 Å². The van der Waals surface area contributed by atoms with Crippen molar-refractivity contribution in [2.75, 3.05) is 14.2 Å². The fraction of sp³-hybridized carbons (Fsp3) is 0.286. The molecule has 1 aromatic heterocycles. The zero-order valence-electron chi connectivity index (χ0n) is 17.8. The molecule has 0 aliphatic carbocycles. The van der Waals surface area contributed by atoms with E-state index in [1.165, 1.54) is 14.2 Å². The van der Waals surface area contributed by atoms with Crippen molar-refractivity contribution in [3.8, 4) is 11.8 Å². The molecule has 0 atom stereocenters. The van der Waals surface area contributed by atoms with Crippen LogP contribution in [-0.2, 0) is 25.7 Å². The van der Waals surface area contributed by atoms with Gasteiger partial charge in [-0.25, -0.2) is 9.59 Å². The number of carbonyl (C=O) groups is 2. The minimum atomic E-state index is -0.783. The van der Waals surface area contributed by atoms with Crippen LogP contribution in [0.25, 0.3) is 0 Å². The first-order valence-electron chi connectivity index (χ1n) is 9.39. The molecule has 0 radical (unpaired) electrons. The van der Waals surface area contributed by atoms with Gasteiger partial charge in [0.1, 0.15) is 5.75 Å². The molecule has 11 heteroatoms. The molecule has 1 aliphatic heterocycles. The van der Waals surface area contributed by atoms with Crippen molar-refractivity contribution in [1.29, 1.82) is 5.26 Å². The van der Waals surface area contributed by atoms with E-state index in [9.17, 15) is 14.8 Å². The predicted octanol–water partition coefficient (Wildman–Crippen LogP) is 1.34. The second-order valence-electron chi connectivity index (χ2n) is 6.82. The summed E-state index contributed by atoms with van der Waals surface area (Å²) in [5.74, 6) is -1.66. The fourth-order valence-corrected chi connectivity index (χ4v) is 3.50. The Hall–Kier alpha value is -4.33. The number of dihydropyridines is 1. The summed E-state index contributed by atoms with van der Waals surface area (Å²) in [6.45, 7) is 3.14. The predicted molar refractivity (Wildman–Crippen MR) is 106 cm³/mol. The molecule has 1 aliphatic rings. The van der Waals surface area contributed by atoms with Crippen LogP contribution < -0.4 is 15.0 Å². The van der Waals surface area contributed by atoms with Crippen molar-refractivity contribution in [2.24, 2.45) is 0 Å². The summed E-state index contributed by atoms with van der Waals surface area (Å²) in [5, 5.41) is 27.0. The van der Waals surface area contributed by atoms with Gasteiger partial charge in [0.15, 0.2) is 12.7 Å². The third-order valence-corrected chi connectivity index (χ3v) is 4.94. The molecular formula is C21H20N4O7. The van der Waals surface area contributed by atoms with Crippen LogP contribution >= 0.6 is 0 Å². The smallest absolute Gasteiger partial charge is 0.336 e. The number of rotatable bonds is 6. The Morgan fingerprint density at radius 3 is 2.41 bits per heavy atom. The summed E-state index contributed by atoms with van der Waals surface area (Å²) in [6.07, 6.45) is 0. The number of hydrogen-bond acceptors (Lipinski definition) is 10. The van der Waals surface area contributed by atoms with Crippen LogP contribution in [0.15, 0.2) is 51.4 Å². The van der Waals surface area contributed by atoms with Gasteiger partial charge in [-0.1, -0.05) is 12.1 Å². The standard InChI is InChI=1S/C21H20N4O7/c1-11-17(20(26)29-3)19(18(12(2)23-11)21(27)30-4)13-6-5-7-14(8-13)31-10-16-15(9-22)24-32-25(16)28/h5-8,19,23H,10H2,1-4H3. The average molecular weight is 440 g/mol. The first-order chi connectivity index (χ1) is 15.3. The number of carbonyl (C=O) groups excluding carboxylic acids is 2. The van der Waals surface area contributed by atoms with E-state index in [4.69, 9.17) is 19.5 Å². The van der Waals surface area contributed by atoms with Gasteiger partial charge < -0.3 is 24.7 Å². The molecule has 1 N–H and O–H groups in total. The van der Waals surface area contributed by atoms with Crippen molar-refractivity contribution >= 4 is 11.9 Å². The summed E-state index contributed by atoms with van der Waals surface area (Å²) >= 11 is 0. The Bertz CT molecular complexity index is 1140. The quantitative estimate of drug-likeness (QED) is 0.515. The Labute approximate surface area is 183 Å². The van der Waals surface area contributed by atoms with Crippen molar-refractivity contribution < 1.29 is 33.3 Å². The van der Waals surface area contributed by atoms with E-state index in [0.717, 1.165) is 0 Å². The number of esters is 2. The lowest BCUT2D eigenvalue weighted by molar-refractivity contribution is -0.808. The van der Waals surface area contributed by atoms with Crippen molar-refractivity contribution in [3.05, 3.63) is 69.0 Å². The maximum atomic E-state index is 12.6. The summed E-state index contributed by atoms with van der Waals surface area (Å²) in [5.41, 5.74) is 1.86. The number of benzene rings is 1. The number of aromatic nitrogens is 2. The molecule has 2 aromatic rings. The Balaban J connectivity index is 2.02. The van der Waals surface area contributed by atoms with Gasteiger partial charge in [-0.15, -0.1) is 0 Å². The van der Waals surface area contributed by atoms with Gasteiger partial charge in [0.05, 0.1) is 36.4 Å². The zero-order valence-corrected chi connectivity index (χ0v) is 17.8. The Kier molecular flexibility index (Phi) is 6.44. The number of nitrogens with one attached hydrogen (secondary N) is 1. The Morgan fingerprint density at radius 1 is 1.22 bits per heavy atom. The lowest BCUT2D eigenvalue weighted by atomic mass is 9.80. The summed E-state index contributed by atoms with van der Waals surface area (Å²) in [4.78, 5) is 25.3. The van der Waals surface area contributed by atoms with Crippen LogP contribution in [0.2, 0.25) is 0 Å². The highest BCUT2D eigenvalue weighted by molar-refractivity contribution is 5.99. The SMILES string of the molecule is COC(=O)C1=C(C)NC(C)=C(C(=O)OC)C1c1cccc(OCc2c(C#N)no[n+]2[O-])c1.